The molecule has 1 aliphatic heterocycles. The van der Waals surface area contributed by atoms with E-state index in [1.165, 1.54) is 6.92 Å². The summed E-state index contributed by atoms with van der Waals surface area (Å²) in [6.45, 7) is 11.1. The van der Waals surface area contributed by atoms with Gasteiger partial charge in [0.15, 0.2) is 0 Å². The zero-order valence-corrected chi connectivity index (χ0v) is 18.3. The zero-order valence-electron chi connectivity index (χ0n) is 18.3. The van der Waals surface area contributed by atoms with Crippen LogP contribution in [0.3, 0.4) is 0 Å². The lowest BCUT2D eigenvalue weighted by Gasteiger charge is -2.37. The smallest absolute Gasteiger partial charge is 0.414 e. The molecule has 1 rings (SSSR count). The van der Waals surface area contributed by atoms with Gasteiger partial charge < -0.3 is 9.47 Å². The molecule has 6 nitrogen and oxygen atoms in total. The van der Waals surface area contributed by atoms with Crippen LogP contribution in [-0.2, 0) is 19.1 Å². The van der Waals surface area contributed by atoms with Gasteiger partial charge >= 0.3 is 12.1 Å². The third-order valence-corrected chi connectivity index (χ3v) is 4.83. The molecule has 28 heavy (non-hydrogen) atoms. The van der Waals surface area contributed by atoms with Crippen molar-refractivity contribution in [2.75, 3.05) is 6.61 Å². The maximum atomic E-state index is 12.7. The third kappa shape index (κ3) is 7.64. The lowest BCUT2D eigenvalue weighted by molar-refractivity contribution is -0.153. The molecule has 1 heterocycles. The maximum Gasteiger partial charge on any atom is 0.414 e. The monoisotopic (exact) mass is 395 g/mol. The van der Waals surface area contributed by atoms with Crippen molar-refractivity contribution < 1.29 is 23.9 Å². The molecule has 0 aromatic heterocycles. The summed E-state index contributed by atoms with van der Waals surface area (Å²) >= 11 is 0. The van der Waals surface area contributed by atoms with Crippen molar-refractivity contribution in [2.45, 2.75) is 91.7 Å². The van der Waals surface area contributed by atoms with E-state index in [-0.39, 0.29) is 24.3 Å². The molecule has 0 aliphatic carbocycles. The van der Waals surface area contributed by atoms with E-state index in [0.717, 1.165) is 32.1 Å². The molecule has 0 saturated heterocycles. The molecule has 0 aromatic carbocycles. The van der Waals surface area contributed by atoms with E-state index in [4.69, 9.17) is 9.47 Å². The molecule has 0 aromatic rings. The van der Waals surface area contributed by atoms with Crippen molar-refractivity contribution in [3.63, 3.8) is 0 Å². The van der Waals surface area contributed by atoms with Crippen LogP contribution in [0.1, 0.15) is 80.1 Å². The van der Waals surface area contributed by atoms with Crippen molar-refractivity contribution in [3.8, 4) is 0 Å². The van der Waals surface area contributed by atoms with E-state index >= 15 is 0 Å². The highest BCUT2D eigenvalue weighted by molar-refractivity contribution is 5.98. The Morgan fingerprint density at radius 1 is 1.14 bits per heavy atom. The number of allylic oxidation sites excluding steroid dienone is 1. The number of esters is 1. The second kappa shape index (κ2) is 11.2. The van der Waals surface area contributed by atoms with Gasteiger partial charge in [-0.3, -0.25) is 14.5 Å². The van der Waals surface area contributed by atoms with E-state index in [2.05, 4.69) is 6.92 Å². The largest absolute Gasteiger partial charge is 0.465 e. The van der Waals surface area contributed by atoms with Crippen molar-refractivity contribution in [3.05, 3.63) is 12.3 Å². The summed E-state index contributed by atoms with van der Waals surface area (Å²) in [5.41, 5.74) is -0.582. The first-order valence-corrected chi connectivity index (χ1v) is 10.5. The molecule has 3 atom stereocenters. The number of hydrogen-bond donors (Lipinski definition) is 0. The Labute approximate surface area is 169 Å². The highest BCUT2D eigenvalue weighted by Gasteiger charge is 2.38. The summed E-state index contributed by atoms with van der Waals surface area (Å²) in [5.74, 6) is -1.79. The number of rotatable bonds is 9. The van der Waals surface area contributed by atoms with Crippen molar-refractivity contribution in [2.24, 2.45) is 11.8 Å². The fourth-order valence-electron chi connectivity index (χ4n) is 3.54. The van der Waals surface area contributed by atoms with Crippen LogP contribution in [0.15, 0.2) is 12.3 Å². The normalized spacial score (nSPS) is 20.6. The van der Waals surface area contributed by atoms with Gasteiger partial charge in [0.05, 0.1) is 6.61 Å². The van der Waals surface area contributed by atoms with Gasteiger partial charge in [0.25, 0.3) is 0 Å². The van der Waals surface area contributed by atoms with E-state index in [1.54, 1.807) is 24.1 Å². The molecule has 1 amide bonds. The van der Waals surface area contributed by atoms with Crippen LogP contribution >= 0.6 is 0 Å². The van der Waals surface area contributed by atoms with Gasteiger partial charge in [-0.15, -0.1) is 0 Å². The molecular weight excluding hydrogens is 358 g/mol. The van der Waals surface area contributed by atoms with Crippen molar-refractivity contribution in [1.29, 1.82) is 0 Å². The predicted octanol–water partition coefficient (Wildman–Crippen LogP) is 4.86. The predicted molar refractivity (Wildman–Crippen MR) is 109 cm³/mol. The molecule has 160 valence electrons. The van der Waals surface area contributed by atoms with Crippen LogP contribution in [0.5, 0.6) is 0 Å². The fourth-order valence-corrected chi connectivity index (χ4v) is 3.54. The number of ketones is 1. The molecule has 1 aliphatic rings. The van der Waals surface area contributed by atoms with Crippen molar-refractivity contribution in [1.82, 2.24) is 4.90 Å². The number of unbranched alkanes of at least 4 members (excludes halogenated alkanes) is 3. The van der Waals surface area contributed by atoms with Crippen LogP contribution in [0.2, 0.25) is 0 Å². The molecule has 6 heteroatoms. The maximum absolute atomic E-state index is 12.7. The van der Waals surface area contributed by atoms with Crippen LogP contribution in [0.25, 0.3) is 0 Å². The SMILES string of the molecule is CCCCCC[C@@H]1C[C@@H](C(C(C)=O)C(=O)OCC)C=CN1C(=O)OC(C)(C)C. The first-order chi connectivity index (χ1) is 13.1. The Kier molecular flexibility index (Phi) is 9.70. The molecule has 0 spiro atoms. The fraction of sp³-hybridized carbons (Fsp3) is 0.773. The van der Waals surface area contributed by atoms with E-state index in [9.17, 15) is 14.4 Å². The Morgan fingerprint density at radius 2 is 1.82 bits per heavy atom. The molecule has 0 saturated carbocycles. The highest BCUT2D eigenvalue weighted by Crippen LogP contribution is 2.32. The van der Waals surface area contributed by atoms with Crippen LogP contribution in [0, 0.1) is 11.8 Å². The number of hydrogen-bond acceptors (Lipinski definition) is 5. The minimum absolute atomic E-state index is 0.0991. The number of carbonyl (C=O) groups excluding carboxylic acids is 3. The Hall–Kier alpha value is -1.85. The number of Topliss-reactive ketones (excluding diaryl/α,β-unsaturated/α-hetero) is 1. The summed E-state index contributed by atoms with van der Waals surface area (Å²) in [5, 5.41) is 0. The minimum Gasteiger partial charge on any atom is -0.465 e. The van der Waals surface area contributed by atoms with Crippen LogP contribution in [-0.4, -0.2) is 41.0 Å². The first kappa shape index (κ1) is 24.2. The number of nitrogens with zero attached hydrogens (tertiary/aromatic N) is 1. The van der Waals surface area contributed by atoms with Crippen LogP contribution < -0.4 is 0 Å². The Balaban J connectivity index is 3.00. The standard InChI is InChI=1S/C22H37NO5/c1-7-9-10-11-12-18-15-17(19(16(3)24)20(25)27-8-2)13-14-23(18)21(26)28-22(4,5)6/h13-14,17-19H,7-12,15H2,1-6H3/t17-,18+,19?/m0/s1. The molecule has 0 bridgehead atoms. The Morgan fingerprint density at radius 3 is 2.36 bits per heavy atom. The molecule has 1 unspecified atom stereocenters. The van der Waals surface area contributed by atoms with E-state index in [1.807, 2.05) is 20.8 Å². The summed E-state index contributed by atoms with van der Waals surface area (Å²) in [7, 11) is 0. The second-order valence-corrected chi connectivity index (χ2v) is 8.47. The molecule has 0 fully saturated rings. The first-order valence-electron chi connectivity index (χ1n) is 10.5. The molecule has 0 radical (unpaired) electrons. The van der Waals surface area contributed by atoms with Gasteiger partial charge in [0.1, 0.15) is 17.3 Å². The topological polar surface area (TPSA) is 72.9 Å². The van der Waals surface area contributed by atoms with Gasteiger partial charge in [-0.25, -0.2) is 4.79 Å². The van der Waals surface area contributed by atoms with Crippen LogP contribution in [0.4, 0.5) is 4.79 Å². The van der Waals surface area contributed by atoms with E-state index in [0.29, 0.717) is 6.42 Å². The van der Waals surface area contributed by atoms with Gasteiger partial charge in [-0.05, 0) is 47.5 Å². The number of amides is 1. The van der Waals surface area contributed by atoms with Gasteiger partial charge in [-0.2, -0.15) is 0 Å². The van der Waals surface area contributed by atoms with Gasteiger partial charge in [0, 0.05) is 18.2 Å². The second-order valence-electron chi connectivity index (χ2n) is 8.47. The zero-order chi connectivity index (χ0) is 21.3. The van der Waals surface area contributed by atoms with Gasteiger partial charge in [-0.1, -0.05) is 38.7 Å². The van der Waals surface area contributed by atoms with E-state index < -0.39 is 23.6 Å². The summed E-state index contributed by atoms with van der Waals surface area (Å²) < 4.78 is 10.6. The average molecular weight is 396 g/mol. The minimum atomic E-state index is -0.824. The third-order valence-electron chi connectivity index (χ3n) is 4.83. The summed E-state index contributed by atoms with van der Waals surface area (Å²) in [6.07, 6.45) is 8.80. The highest BCUT2D eigenvalue weighted by atomic mass is 16.6. The van der Waals surface area contributed by atoms with Crippen molar-refractivity contribution >= 4 is 17.8 Å². The lowest BCUT2D eigenvalue weighted by atomic mass is 9.81. The lowest BCUT2D eigenvalue weighted by Crippen LogP contribution is -2.45. The Bertz CT molecular complexity index is 564. The quantitative estimate of drug-likeness (QED) is 0.316. The average Bonchev–Trinajstić information content (AvgIpc) is 2.57. The number of ether oxygens (including phenoxy) is 2. The molecular formula is C22H37NO5. The number of carbonyl (C=O) groups is 3. The summed E-state index contributed by atoms with van der Waals surface area (Å²) in [4.78, 5) is 38.7. The molecule has 0 N–H and O–H groups in total. The summed E-state index contributed by atoms with van der Waals surface area (Å²) in [6, 6.07) is -0.0991. The van der Waals surface area contributed by atoms with Gasteiger partial charge in [0.2, 0.25) is 0 Å².